The highest BCUT2D eigenvalue weighted by atomic mass is 19.1. The minimum atomic E-state index is -0.384. The van der Waals surface area contributed by atoms with Crippen molar-refractivity contribution in [1.29, 1.82) is 0 Å². The normalized spacial score (nSPS) is 11.0. The average molecular weight is 242 g/mol. The number of furan rings is 1. The van der Waals surface area contributed by atoms with E-state index in [1.54, 1.807) is 24.4 Å². The molecular formula is C14H11FN2O. The lowest BCUT2D eigenvalue weighted by Crippen LogP contribution is -1.95. The third-order valence-electron chi connectivity index (χ3n) is 2.94. The molecule has 4 heteroatoms. The third-order valence-corrected chi connectivity index (χ3v) is 2.94. The van der Waals surface area contributed by atoms with Crippen LogP contribution in [0.2, 0.25) is 0 Å². The van der Waals surface area contributed by atoms with Crippen molar-refractivity contribution in [3.05, 3.63) is 47.9 Å². The lowest BCUT2D eigenvalue weighted by Gasteiger charge is -2.03. The van der Waals surface area contributed by atoms with Crippen molar-refractivity contribution in [2.24, 2.45) is 0 Å². The molecule has 0 bridgehead atoms. The molecule has 0 aliphatic rings. The first-order valence-corrected chi connectivity index (χ1v) is 5.56. The van der Waals surface area contributed by atoms with Crippen molar-refractivity contribution in [1.82, 2.24) is 4.98 Å². The van der Waals surface area contributed by atoms with Crippen LogP contribution in [-0.2, 0) is 0 Å². The second-order valence-electron chi connectivity index (χ2n) is 4.16. The summed E-state index contributed by atoms with van der Waals surface area (Å²) in [7, 11) is 0. The van der Waals surface area contributed by atoms with Gasteiger partial charge in [-0.2, -0.15) is 0 Å². The summed E-state index contributed by atoms with van der Waals surface area (Å²) in [6.45, 7) is 1.89. The van der Waals surface area contributed by atoms with E-state index in [1.165, 1.54) is 6.07 Å². The first-order valence-electron chi connectivity index (χ1n) is 5.56. The number of para-hydroxylation sites is 1. The van der Waals surface area contributed by atoms with Crippen LogP contribution in [0, 0.1) is 12.7 Å². The molecule has 0 saturated heterocycles. The summed E-state index contributed by atoms with van der Waals surface area (Å²) in [4.78, 5) is 4.19. The minimum Gasteiger partial charge on any atom is -0.451 e. The second-order valence-corrected chi connectivity index (χ2v) is 4.16. The van der Waals surface area contributed by atoms with E-state index in [1.807, 2.05) is 13.0 Å². The maximum atomic E-state index is 13.5. The molecule has 2 heterocycles. The molecule has 2 aromatic heterocycles. The quantitative estimate of drug-likeness (QED) is 0.710. The minimum absolute atomic E-state index is 0.232. The SMILES string of the molecule is Cc1ccnc(-c2cc3cccc(F)c3o2)c1N. The monoisotopic (exact) mass is 242 g/mol. The molecule has 90 valence electrons. The Kier molecular flexibility index (Phi) is 2.30. The first kappa shape index (κ1) is 10.8. The van der Waals surface area contributed by atoms with Gasteiger partial charge in [0.1, 0.15) is 5.69 Å². The van der Waals surface area contributed by atoms with Crippen LogP contribution in [0.15, 0.2) is 40.9 Å². The Morgan fingerprint density at radius 2 is 2.11 bits per heavy atom. The Labute approximate surface area is 103 Å². The Bertz CT molecular complexity index is 734. The number of nitrogens with two attached hydrogens (primary N) is 1. The molecule has 3 nitrogen and oxygen atoms in total. The number of halogens is 1. The molecule has 18 heavy (non-hydrogen) atoms. The van der Waals surface area contributed by atoms with E-state index in [0.717, 1.165) is 5.56 Å². The van der Waals surface area contributed by atoms with Crippen LogP contribution in [0.25, 0.3) is 22.4 Å². The average Bonchev–Trinajstić information content (AvgIpc) is 2.78. The largest absolute Gasteiger partial charge is 0.451 e. The first-order chi connectivity index (χ1) is 8.66. The van der Waals surface area contributed by atoms with Crippen LogP contribution in [0.1, 0.15) is 5.56 Å². The summed E-state index contributed by atoms with van der Waals surface area (Å²) in [5.74, 6) is 0.0984. The number of nitrogen functional groups attached to an aromatic ring is 1. The lowest BCUT2D eigenvalue weighted by molar-refractivity contribution is 0.568. The van der Waals surface area contributed by atoms with Gasteiger partial charge in [0, 0.05) is 11.6 Å². The zero-order chi connectivity index (χ0) is 12.7. The van der Waals surface area contributed by atoms with E-state index < -0.39 is 0 Å². The van der Waals surface area contributed by atoms with Gasteiger partial charge in [0.25, 0.3) is 0 Å². The van der Waals surface area contributed by atoms with Gasteiger partial charge >= 0.3 is 0 Å². The van der Waals surface area contributed by atoms with E-state index in [9.17, 15) is 4.39 Å². The predicted octanol–water partition coefficient (Wildman–Crippen LogP) is 3.52. The number of aryl methyl sites for hydroxylation is 1. The van der Waals surface area contributed by atoms with E-state index >= 15 is 0 Å². The number of rotatable bonds is 1. The maximum absolute atomic E-state index is 13.5. The molecule has 1 aromatic carbocycles. The number of benzene rings is 1. The van der Waals surface area contributed by atoms with Gasteiger partial charge in [0.15, 0.2) is 17.2 Å². The van der Waals surface area contributed by atoms with Crippen molar-refractivity contribution < 1.29 is 8.81 Å². The Hall–Kier alpha value is -2.36. The fourth-order valence-corrected chi connectivity index (χ4v) is 1.91. The van der Waals surface area contributed by atoms with Gasteiger partial charge < -0.3 is 10.2 Å². The topological polar surface area (TPSA) is 52.0 Å². The van der Waals surface area contributed by atoms with Crippen LogP contribution in [0.5, 0.6) is 0 Å². The third kappa shape index (κ3) is 1.54. The van der Waals surface area contributed by atoms with Crippen LogP contribution in [0.3, 0.4) is 0 Å². The highest BCUT2D eigenvalue weighted by Crippen LogP contribution is 2.32. The summed E-state index contributed by atoms with van der Waals surface area (Å²) in [6, 6.07) is 8.36. The molecule has 2 N–H and O–H groups in total. The summed E-state index contributed by atoms with van der Waals surface area (Å²) in [5, 5.41) is 0.702. The molecule has 3 rings (SSSR count). The van der Waals surface area contributed by atoms with Crippen LogP contribution < -0.4 is 5.73 Å². The van der Waals surface area contributed by atoms with E-state index in [4.69, 9.17) is 10.2 Å². The van der Waals surface area contributed by atoms with Crippen LogP contribution in [0.4, 0.5) is 10.1 Å². The van der Waals surface area contributed by atoms with Gasteiger partial charge in [0.2, 0.25) is 0 Å². The zero-order valence-corrected chi connectivity index (χ0v) is 9.77. The standard InChI is InChI=1S/C14H11FN2O/c1-8-5-6-17-13(12(8)16)11-7-9-3-2-4-10(15)14(9)18-11/h2-7H,16H2,1H3. The highest BCUT2D eigenvalue weighted by Gasteiger charge is 2.13. The van der Waals surface area contributed by atoms with E-state index in [-0.39, 0.29) is 11.4 Å². The maximum Gasteiger partial charge on any atom is 0.170 e. The number of hydrogen-bond donors (Lipinski definition) is 1. The smallest absolute Gasteiger partial charge is 0.170 e. The van der Waals surface area contributed by atoms with E-state index in [0.29, 0.717) is 22.5 Å². The van der Waals surface area contributed by atoms with E-state index in [2.05, 4.69) is 4.98 Å². The molecule has 0 unspecified atom stereocenters. The van der Waals surface area contributed by atoms with Gasteiger partial charge in [-0.3, -0.25) is 4.98 Å². The molecule has 0 aliphatic heterocycles. The van der Waals surface area contributed by atoms with Crippen LogP contribution in [-0.4, -0.2) is 4.98 Å². The van der Waals surface area contributed by atoms with Crippen LogP contribution >= 0.6 is 0 Å². The number of nitrogens with zero attached hydrogens (tertiary/aromatic N) is 1. The van der Waals surface area contributed by atoms with Crippen molar-refractivity contribution in [2.45, 2.75) is 6.92 Å². The fraction of sp³-hybridized carbons (Fsp3) is 0.0714. The Balaban J connectivity index is 2.26. The van der Waals surface area contributed by atoms with Crippen molar-refractivity contribution in [3.63, 3.8) is 0 Å². The molecule has 0 fully saturated rings. The number of fused-ring (bicyclic) bond motifs is 1. The lowest BCUT2D eigenvalue weighted by atomic mass is 10.1. The van der Waals surface area contributed by atoms with Crippen molar-refractivity contribution in [3.8, 4) is 11.5 Å². The number of pyridine rings is 1. The summed E-state index contributed by atoms with van der Waals surface area (Å²) in [6.07, 6.45) is 1.66. The summed E-state index contributed by atoms with van der Waals surface area (Å²) in [5.41, 5.74) is 8.21. The van der Waals surface area contributed by atoms with Gasteiger partial charge in [-0.15, -0.1) is 0 Å². The molecule has 0 spiro atoms. The zero-order valence-electron chi connectivity index (χ0n) is 9.77. The Morgan fingerprint density at radius 3 is 2.89 bits per heavy atom. The summed E-state index contributed by atoms with van der Waals surface area (Å²) >= 11 is 0. The number of aromatic nitrogens is 1. The molecular weight excluding hydrogens is 231 g/mol. The molecule has 0 atom stereocenters. The Morgan fingerprint density at radius 1 is 1.28 bits per heavy atom. The number of anilines is 1. The van der Waals surface area contributed by atoms with Crippen molar-refractivity contribution in [2.75, 3.05) is 5.73 Å². The van der Waals surface area contributed by atoms with Gasteiger partial charge in [-0.1, -0.05) is 12.1 Å². The molecule has 3 aromatic rings. The van der Waals surface area contributed by atoms with Crippen molar-refractivity contribution >= 4 is 16.7 Å². The number of hydrogen-bond acceptors (Lipinski definition) is 3. The highest BCUT2D eigenvalue weighted by molar-refractivity contribution is 5.85. The fourth-order valence-electron chi connectivity index (χ4n) is 1.91. The summed E-state index contributed by atoms with van der Waals surface area (Å²) < 4.78 is 19.1. The second kappa shape index (κ2) is 3.84. The van der Waals surface area contributed by atoms with Gasteiger partial charge in [-0.05, 0) is 30.7 Å². The van der Waals surface area contributed by atoms with Gasteiger partial charge in [-0.25, -0.2) is 4.39 Å². The molecule has 0 amide bonds. The molecule has 0 aliphatic carbocycles. The van der Waals surface area contributed by atoms with Gasteiger partial charge in [0.05, 0.1) is 5.69 Å². The molecule has 0 radical (unpaired) electrons. The molecule has 0 saturated carbocycles. The predicted molar refractivity (Wildman–Crippen MR) is 68.6 cm³/mol.